The molecule has 0 aromatic carbocycles. The van der Waals surface area contributed by atoms with Gasteiger partial charge in [0.2, 0.25) is 0 Å². The first-order valence-electron chi connectivity index (χ1n) is 6.46. The number of ether oxygens (including phenoxy) is 1. The van der Waals surface area contributed by atoms with Gasteiger partial charge in [-0.15, -0.1) is 0 Å². The molecule has 0 saturated carbocycles. The van der Waals surface area contributed by atoms with Gasteiger partial charge in [-0.1, -0.05) is 0 Å². The monoisotopic (exact) mass is 250 g/mol. The molecule has 5 heteroatoms. The maximum atomic E-state index is 5.68. The molecule has 0 amide bonds. The van der Waals surface area contributed by atoms with Crippen molar-refractivity contribution in [3.63, 3.8) is 0 Å². The fourth-order valence-electron chi connectivity index (χ4n) is 1.98. The van der Waals surface area contributed by atoms with E-state index in [0.717, 1.165) is 44.2 Å². The predicted molar refractivity (Wildman–Crippen MR) is 71.6 cm³/mol. The number of likely N-dealkylation sites (N-methyl/N-ethyl adjacent to an activating group) is 1. The summed E-state index contributed by atoms with van der Waals surface area (Å²) < 4.78 is 5.68. The number of rotatable bonds is 5. The highest BCUT2D eigenvalue weighted by Crippen LogP contribution is 2.09. The molecule has 1 aliphatic heterocycles. The van der Waals surface area contributed by atoms with E-state index in [1.54, 1.807) is 6.20 Å². The topological polar surface area (TPSA) is 54.6 Å². The summed E-state index contributed by atoms with van der Waals surface area (Å²) in [5.74, 6) is 0.821. The van der Waals surface area contributed by atoms with Gasteiger partial charge in [-0.25, -0.2) is 0 Å². The van der Waals surface area contributed by atoms with Crippen LogP contribution in [0.4, 0.5) is 0 Å². The molecule has 2 rings (SSSR count). The summed E-state index contributed by atoms with van der Waals surface area (Å²) in [7, 11) is 2.17. The van der Waals surface area contributed by atoms with E-state index >= 15 is 0 Å². The molecular weight excluding hydrogens is 228 g/mol. The Morgan fingerprint density at radius 3 is 2.67 bits per heavy atom. The molecule has 2 N–H and O–H groups in total. The maximum Gasteiger partial charge on any atom is 0.137 e. The second kappa shape index (κ2) is 6.68. The first kappa shape index (κ1) is 13.3. The molecule has 1 fully saturated rings. The smallest absolute Gasteiger partial charge is 0.137 e. The van der Waals surface area contributed by atoms with Gasteiger partial charge in [0.1, 0.15) is 12.4 Å². The highest BCUT2D eigenvalue weighted by atomic mass is 16.5. The molecule has 0 atom stereocenters. The maximum absolute atomic E-state index is 5.68. The SMILES string of the molecule is CN1CCN(CCOc2ccc(CN)nc2)CC1. The van der Waals surface area contributed by atoms with Gasteiger partial charge in [0.15, 0.2) is 0 Å². The average Bonchev–Trinajstić information content (AvgIpc) is 2.42. The van der Waals surface area contributed by atoms with Crippen LogP contribution in [0.25, 0.3) is 0 Å². The summed E-state index contributed by atoms with van der Waals surface area (Å²) in [5.41, 5.74) is 6.38. The molecule has 100 valence electrons. The van der Waals surface area contributed by atoms with E-state index in [1.807, 2.05) is 12.1 Å². The summed E-state index contributed by atoms with van der Waals surface area (Å²) in [6, 6.07) is 3.84. The van der Waals surface area contributed by atoms with Crippen LogP contribution in [-0.2, 0) is 6.54 Å². The minimum absolute atomic E-state index is 0.474. The van der Waals surface area contributed by atoms with E-state index in [2.05, 4.69) is 21.8 Å². The summed E-state index contributed by atoms with van der Waals surface area (Å²) >= 11 is 0. The van der Waals surface area contributed by atoms with Crippen LogP contribution in [0.5, 0.6) is 5.75 Å². The number of piperazine rings is 1. The molecule has 1 aromatic rings. The molecular formula is C13H22N4O. The molecule has 0 bridgehead atoms. The first-order valence-corrected chi connectivity index (χ1v) is 6.46. The lowest BCUT2D eigenvalue weighted by molar-refractivity contribution is 0.133. The van der Waals surface area contributed by atoms with E-state index in [0.29, 0.717) is 13.2 Å². The minimum Gasteiger partial charge on any atom is -0.491 e. The van der Waals surface area contributed by atoms with Crippen molar-refractivity contribution in [3.05, 3.63) is 24.0 Å². The standard InChI is InChI=1S/C13H22N4O/c1-16-4-6-17(7-5-16)8-9-18-13-3-2-12(10-14)15-11-13/h2-3,11H,4-10,14H2,1H3. The number of hydrogen-bond donors (Lipinski definition) is 1. The number of pyridine rings is 1. The van der Waals surface area contributed by atoms with Crippen molar-refractivity contribution in [1.82, 2.24) is 14.8 Å². The second-order valence-electron chi connectivity index (χ2n) is 4.68. The first-order chi connectivity index (χ1) is 8.78. The van der Waals surface area contributed by atoms with Crippen LogP contribution in [0.1, 0.15) is 5.69 Å². The number of hydrogen-bond acceptors (Lipinski definition) is 5. The quantitative estimate of drug-likeness (QED) is 0.807. The third kappa shape index (κ3) is 3.94. The summed E-state index contributed by atoms with van der Waals surface area (Å²) in [6.07, 6.45) is 1.74. The van der Waals surface area contributed by atoms with E-state index < -0.39 is 0 Å². The molecule has 2 heterocycles. The Balaban J connectivity index is 1.68. The van der Waals surface area contributed by atoms with Crippen LogP contribution in [0, 0.1) is 0 Å². The van der Waals surface area contributed by atoms with E-state index in [-0.39, 0.29) is 0 Å². The molecule has 1 aromatic heterocycles. The molecule has 0 aliphatic carbocycles. The Bertz CT molecular complexity index is 347. The van der Waals surface area contributed by atoms with Gasteiger partial charge in [-0.3, -0.25) is 9.88 Å². The van der Waals surface area contributed by atoms with Gasteiger partial charge < -0.3 is 15.4 Å². The fraction of sp³-hybridized carbons (Fsp3) is 0.615. The van der Waals surface area contributed by atoms with Crippen molar-refractivity contribution < 1.29 is 4.74 Å². The lowest BCUT2D eigenvalue weighted by Gasteiger charge is -2.32. The van der Waals surface area contributed by atoms with E-state index in [1.165, 1.54) is 0 Å². The lowest BCUT2D eigenvalue weighted by atomic mass is 10.3. The van der Waals surface area contributed by atoms with Gasteiger partial charge in [-0.05, 0) is 19.2 Å². The lowest BCUT2D eigenvalue weighted by Crippen LogP contribution is -2.45. The molecule has 1 aliphatic rings. The van der Waals surface area contributed by atoms with Gasteiger partial charge in [0.05, 0.1) is 11.9 Å². The minimum atomic E-state index is 0.474. The summed E-state index contributed by atoms with van der Waals surface area (Å²) in [5, 5.41) is 0. The van der Waals surface area contributed by atoms with E-state index in [9.17, 15) is 0 Å². The Kier molecular flexibility index (Phi) is 4.92. The molecule has 5 nitrogen and oxygen atoms in total. The third-order valence-electron chi connectivity index (χ3n) is 3.28. The zero-order chi connectivity index (χ0) is 12.8. The number of nitrogens with two attached hydrogens (primary N) is 1. The Labute approximate surface area is 109 Å². The number of nitrogens with zero attached hydrogens (tertiary/aromatic N) is 3. The van der Waals surface area contributed by atoms with Gasteiger partial charge in [-0.2, -0.15) is 0 Å². The average molecular weight is 250 g/mol. The van der Waals surface area contributed by atoms with Crippen LogP contribution >= 0.6 is 0 Å². The molecule has 0 unspecified atom stereocenters. The van der Waals surface area contributed by atoms with Crippen molar-refractivity contribution in [2.24, 2.45) is 5.73 Å². The van der Waals surface area contributed by atoms with Crippen molar-refractivity contribution in [1.29, 1.82) is 0 Å². The predicted octanol–water partition coefficient (Wildman–Crippen LogP) is 0.167. The molecule has 0 spiro atoms. The van der Waals surface area contributed by atoms with Crippen molar-refractivity contribution in [2.45, 2.75) is 6.54 Å². The summed E-state index contributed by atoms with van der Waals surface area (Å²) in [4.78, 5) is 8.99. The molecule has 18 heavy (non-hydrogen) atoms. The van der Waals surface area contributed by atoms with Crippen molar-refractivity contribution >= 4 is 0 Å². The Morgan fingerprint density at radius 1 is 1.28 bits per heavy atom. The normalized spacial score (nSPS) is 17.9. The number of aromatic nitrogens is 1. The zero-order valence-electron chi connectivity index (χ0n) is 11.0. The Morgan fingerprint density at radius 2 is 2.06 bits per heavy atom. The van der Waals surface area contributed by atoms with Gasteiger partial charge in [0, 0.05) is 39.3 Å². The van der Waals surface area contributed by atoms with Crippen LogP contribution in [0.15, 0.2) is 18.3 Å². The van der Waals surface area contributed by atoms with Gasteiger partial charge >= 0.3 is 0 Å². The van der Waals surface area contributed by atoms with Crippen LogP contribution in [0.2, 0.25) is 0 Å². The second-order valence-corrected chi connectivity index (χ2v) is 4.68. The molecule has 1 saturated heterocycles. The van der Waals surface area contributed by atoms with Crippen LogP contribution in [0.3, 0.4) is 0 Å². The van der Waals surface area contributed by atoms with Crippen molar-refractivity contribution in [3.8, 4) is 5.75 Å². The van der Waals surface area contributed by atoms with Crippen molar-refractivity contribution in [2.75, 3.05) is 46.4 Å². The van der Waals surface area contributed by atoms with Crippen LogP contribution in [-0.4, -0.2) is 61.2 Å². The van der Waals surface area contributed by atoms with Crippen LogP contribution < -0.4 is 10.5 Å². The Hall–Kier alpha value is -1.17. The zero-order valence-corrected chi connectivity index (χ0v) is 11.0. The fourth-order valence-corrected chi connectivity index (χ4v) is 1.98. The van der Waals surface area contributed by atoms with E-state index in [4.69, 9.17) is 10.5 Å². The summed E-state index contributed by atoms with van der Waals surface area (Å²) in [6.45, 7) is 6.72. The third-order valence-corrected chi connectivity index (χ3v) is 3.28. The highest BCUT2D eigenvalue weighted by Gasteiger charge is 2.12. The largest absolute Gasteiger partial charge is 0.491 e. The van der Waals surface area contributed by atoms with Gasteiger partial charge in [0.25, 0.3) is 0 Å². The highest BCUT2D eigenvalue weighted by molar-refractivity contribution is 5.19. The molecule has 0 radical (unpaired) electrons.